The normalized spacial score (nSPS) is 13.1. The Hall–Kier alpha value is -2.31. The van der Waals surface area contributed by atoms with Crippen LogP contribution in [0.25, 0.3) is 0 Å². The van der Waals surface area contributed by atoms with E-state index in [1.54, 1.807) is 12.1 Å². The number of hydrogen-bond donors (Lipinski definition) is 3. The lowest BCUT2D eigenvalue weighted by Crippen LogP contribution is -2.44. The van der Waals surface area contributed by atoms with Crippen LogP contribution in [-0.4, -0.2) is 43.1 Å². The summed E-state index contributed by atoms with van der Waals surface area (Å²) in [6.45, 7) is 10.8. The molecular formula is C18H29FN4O2. The molecule has 1 amide bonds. The van der Waals surface area contributed by atoms with Gasteiger partial charge in [-0.1, -0.05) is 0 Å². The smallest absolute Gasteiger partial charge is 0.242 e. The van der Waals surface area contributed by atoms with Gasteiger partial charge in [-0.3, -0.25) is 4.79 Å². The van der Waals surface area contributed by atoms with Gasteiger partial charge in [0.15, 0.2) is 5.96 Å². The van der Waals surface area contributed by atoms with E-state index < -0.39 is 0 Å². The van der Waals surface area contributed by atoms with Crippen molar-refractivity contribution in [2.45, 2.75) is 46.3 Å². The third kappa shape index (κ3) is 9.54. The molecule has 0 fully saturated rings. The fourth-order valence-electron chi connectivity index (χ4n) is 1.98. The van der Waals surface area contributed by atoms with Crippen LogP contribution in [0.4, 0.5) is 4.39 Å². The summed E-state index contributed by atoms with van der Waals surface area (Å²) in [7, 11) is 0. The second-order valence-electron chi connectivity index (χ2n) is 6.76. The fraction of sp³-hybridized carbons (Fsp3) is 0.556. The first kappa shape index (κ1) is 20.7. The SMILES string of the molecule is CCNC(=NCC(=O)NC(C)(C)C)NCC(C)Oc1ccc(F)cc1. The molecule has 0 heterocycles. The molecule has 25 heavy (non-hydrogen) atoms. The van der Waals surface area contributed by atoms with E-state index >= 15 is 0 Å². The van der Waals surface area contributed by atoms with E-state index in [1.165, 1.54) is 12.1 Å². The van der Waals surface area contributed by atoms with Crippen LogP contribution >= 0.6 is 0 Å². The summed E-state index contributed by atoms with van der Waals surface area (Å²) < 4.78 is 18.6. The highest BCUT2D eigenvalue weighted by molar-refractivity contribution is 5.85. The molecule has 7 heteroatoms. The molecule has 140 valence electrons. The van der Waals surface area contributed by atoms with Crippen molar-refractivity contribution in [3.05, 3.63) is 30.1 Å². The predicted molar refractivity (Wildman–Crippen MR) is 98.4 cm³/mol. The number of aliphatic imine (C=N–C) groups is 1. The third-order valence-electron chi connectivity index (χ3n) is 2.95. The summed E-state index contributed by atoms with van der Waals surface area (Å²) in [5.41, 5.74) is -0.282. The minimum absolute atomic E-state index is 0.0415. The van der Waals surface area contributed by atoms with Gasteiger partial charge in [0.1, 0.15) is 24.2 Å². The second-order valence-corrected chi connectivity index (χ2v) is 6.76. The van der Waals surface area contributed by atoms with Crippen molar-refractivity contribution in [3.63, 3.8) is 0 Å². The van der Waals surface area contributed by atoms with Crippen LogP contribution in [0.3, 0.4) is 0 Å². The van der Waals surface area contributed by atoms with Gasteiger partial charge in [-0.05, 0) is 58.9 Å². The summed E-state index contributed by atoms with van der Waals surface area (Å²) in [4.78, 5) is 16.1. The Morgan fingerprint density at radius 3 is 2.44 bits per heavy atom. The highest BCUT2D eigenvalue weighted by Crippen LogP contribution is 2.12. The number of amides is 1. The van der Waals surface area contributed by atoms with Crippen molar-refractivity contribution < 1.29 is 13.9 Å². The zero-order chi connectivity index (χ0) is 18.9. The van der Waals surface area contributed by atoms with Crippen LogP contribution < -0.4 is 20.7 Å². The van der Waals surface area contributed by atoms with Crippen molar-refractivity contribution in [3.8, 4) is 5.75 Å². The predicted octanol–water partition coefficient (Wildman–Crippen LogP) is 2.06. The number of rotatable bonds is 7. The van der Waals surface area contributed by atoms with Crippen LogP contribution in [0, 0.1) is 5.82 Å². The maximum atomic E-state index is 12.9. The molecule has 0 aliphatic heterocycles. The van der Waals surface area contributed by atoms with Crippen LogP contribution in [0.2, 0.25) is 0 Å². The molecule has 0 bridgehead atoms. The molecule has 0 saturated carbocycles. The number of nitrogens with one attached hydrogen (secondary N) is 3. The number of hydrogen-bond acceptors (Lipinski definition) is 3. The number of benzene rings is 1. The first-order chi connectivity index (χ1) is 11.7. The number of carbonyl (C=O) groups excluding carboxylic acids is 1. The van der Waals surface area contributed by atoms with Crippen molar-refractivity contribution in [2.24, 2.45) is 4.99 Å². The Bertz CT molecular complexity index is 567. The zero-order valence-electron chi connectivity index (χ0n) is 15.6. The van der Waals surface area contributed by atoms with Gasteiger partial charge in [0.05, 0.1) is 6.54 Å². The van der Waals surface area contributed by atoms with Crippen molar-refractivity contribution in [1.29, 1.82) is 0 Å². The maximum Gasteiger partial charge on any atom is 0.242 e. The van der Waals surface area contributed by atoms with Crippen LogP contribution in [0.15, 0.2) is 29.3 Å². The molecule has 0 aromatic heterocycles. The quantitative estimate of drug-likeness (QED) is 0.519. The van der Waals surface area contributed by atoms with E-state index in [1.807, 2.05) is 34.6 Å². The van der Waals surface area contributed by atoms with Gasteiger partial charge in [-0.15, -0.1) is 0 Å². The molecule has 1 aromatic carbocycles. The van der Waals surface area contributed by atoms with Gasteiger partial charge in [0.25, 0.3) is 0 Å². The molecular weight excluding hydrogens is 323 g/mol. The third-order valence-corrected chi connectivity index (χ3v) is 2.95. The molecule has 0 aliphatic rings. The zero-order valence-corrected chi connectivity index (χ0v) is 15.6. The Morgan fingerprint density at radius 2 is 1.88 bits per heavy atom. The number of guanidine groups is 1. The highest BCUT2D eigenvalue weighted by Gasteiger charge is 2.13. The van der Waals surface area contributed by atoms with Gasteiger partial charge in [0.2, 0.25) is 5.91 Å². The van der Waals surface area contributed by atoms with Crippen molar-refractivity contribution in [1.82, 2.24) is 16.0 Å². The number of carbonyl (C=O) groups is 1. The average Bonchev–Trinajstić information content (AvgIpc) is 2.50. The number of halogens is 1. The van der Waals surface area contributed by atoms with E-state index in [-0.39, 0.29) is 29.9 Å². The molecule has 1 atom stereocenters. The van der Waals surface area contributed by atoms with E-state index in [0.29, 0.717) is 24.8 Å². The van der Waals surface area contributed by atoms with E-state index in [2.05, 4.69) is 20.9 Å². The lowest BCUT2D eigenvalue weighted by atomic mass is 10.1. The van der Waals surface area contributed by atoms with Crippen LogP contribution in [0.1, 0.15) is 34.6 Å². The number of ether oxygens (including phenoxy) is 1. The first-order valence-corrected chi connectivity index (χ1v) is 8.45. The molecule has 1 unspecified atom stereocenters. The van der Waals surface area contributed by atoms with E-state index in [0.717, 1.165) is 0 Å². The summed E-state index contributed by atoms with van der Waals surface area (Å²) in [5.74, 6) is 0.705. The van der Waals surface area contributed by atoms with Crippen LogP contribution in [0.5, 0.6) is 5.75 Å². The minimum Gasteiger partial charge on any atom is -0.489 e. The molecule has 1 aromatic rings. The highest BCUT2D eigenvalue weighted by atomic mass is 19.1. The Kier molecular flexibility index (Phi) is 8.18. The molecule has 3 N–H and O–H groups in total. The van der Waals surface area contributed by atoms with Crippen molar-refractivity contribution >= 4 is 11.9 Å². The Balaban J connectivity index is 2.49. The average molecular weight is 352 g/mol. The second kappa shape index (κ2) is 9.86. The maximum absolute atomic E-state index is 12.9. The van der Waals surface area contributed by atoms with E-state index in [4.69, 9.17) is 4.74 Å². The molecule has 0 aliphatic carbocycles. The monoisotopic (exact) mass is 352 g/mol. The van der Waals surface area contributed by atoms with Gasteiger partial charge >= 0.3 is 0 Å². The summed E-state index contributed by atoms with van der Waals surface area (Å²) in [6.07, 6.45) is -0.155. The molecule has 0 saturated heterocycles. The molecule has 0 radical (unpaired) electrons. The lowest BCUT2D eigenvalue weighted by molar-refractivity contribution is -0.121. The summed E-state index contributed by atoms with van der Waals surface area (Å²) in [6, 6.07) is 5.88. The van der Waals surface area contributed by atoms with Gasteiger partial charge < -0.3 is 20.7 Å². The first-order valence-electron chi connectivity index (χ1n) is 8.45. The largest absolute Gasteiger partial charge is 0.489 e. The Morgan fingerprint density at radius 1 is 1.24 bits per heavy atom. The molecule has 6 nitrogen and oxygen atoms in total. The fourth-order valence-corrected chi connectivity index (χ4v) is 1.98. The Labute approximate surface area is 149 Å². The number of nitrogens with zero attached hydrogens (tertiary/aromatic N) is 1. The van der Waals surface area contributed by atoms with Gasteiger partial charge in [-0.25, -0.2) is 9.38 Å². The van der Waals surface area contributed by atoms with Crippen LogP contribution in [-0.2, 0) is 4.79 Å². The molecule has 1 rings (SSSR count). The van der Waals surface area contributed by atoms with E-state index in [9.17, 15) is 9.18 Å². The van der Waals surface area contributed by atoms with Gasteiger partial charge in [-0.2, -0.15) is 0 Å². The van der Waals surface area contributed by atoms with Gasteiger partial charge in [0, 0.05) is 12.1 Å². The van der Waals surface area contributed by atoms with Crippen molar-refractivity contribution in [2.75, 3.05) is 19.6 Å². The standard InChI is InChI=1S/C18H29FN4O2/c1-6-20-17(22-12-16(24)23-18(3,4)5)21-11-13(2)25-15-9-7-14(19)8-10-15/h7-10,13H,6,11-12H2,1-5H3,(H,23,24)(H2,20,21,22). The lowest BCUT2D eigenvalue weighted by Gasteiger charge is -2.20. The summed E-state index contributed by atoms with van der Waals surface area (Å²) in [5, 5.41) is 9.07. The topological polar surface area (TPSA) is 74.8 Å². The summed E-state index contributed by atoms with van der Waals surface area (Å²) >= 11 is 0. The molecule has 0 spiro atoms. The minimum atomic E-state index is -0.298.